The van der Waals surface area contributed by atoms with Gasteiger partial charge in [-0.2, -0.15) is 0 Å². The Morgan fingerprint density at radius 1 is 0.909 bits per heavy atom. The molecule has 2 aromatic carbocycles. The van der Waals surface area contributed by atoms with Crippen molar-refractivity contribution in [1.82, 2.24) is 10.6 Å². The maximum absolute atomic E-state index is 12.9. The van der Waals surface area contributed by atoms with E-state index in [4.69, 9.17) is 4.74 Å². The van der Waals surface area contributed by atoms with Crippen molar-refractivity contribution in [3.05, 3.63) is 59.7 Å². The number of nitrogens with one attached hydrogen (secondary N) is 2. The van der Waals surface area contributed by atoms with Gasteiger partial charge in [-0.3, -0.25) is 4.79 Å². The standard InChI is InChI=1S/C26H28N2O5/c29-22(28-26(23(30)31)11-5-6-12-26)25(13-14-25)16-27-24(32)33-15-21-19-9-3-1-7-17(19)18-8-2-4-10-20(18)21/h1-4,7-10,21H,5-6,11-16H2,(H,27,32)(H,28,29)(H,30,31). The van der Waals surface area contributed by atoms with E-state index >= 15 is 0 Å². The number of aliphatic carboxylic acids is 1. The summed E-state index contributed by atoms with van der Waals surface area (Å²) in [6, 6.07) is 16.3. The van der Waals surface area contributed by atoms with Crippen LogP contribution in [-0.4, -0.2) is 41.8 Å². The summed E-state index contributed by atoms with van der Waals surface area (Å²) in [5.41, 5.74) is 2.69. The average Bonchev–Trinajstić information content (AvgIpc) is 3.35. The Balaban J connectivity index is 1.18. The normalized spacial score (nSPS) is 19.3. The van der Waals surface area contributed by atoms with Crippen molar-refractivity contribution in [3.63, 3.8) is 0 Å². The van der Waals surface area contributed by atoms with Gasteiger partial charge in [-0.1, -0.05) is 61.4 Å². The first-order valence-electron chi connectivity index (χ1n) is 11.6. The molecule has 0 bridgehead atoms. The van der Waals surface area contributed by atoms with Crippen LogP contribution in [0.5, 0.6) is 0 Å². The van der Waals surface area contributed by atoms with E-state index in [0.717, 1.165) is 35.1 Å². The van der Waals surface area contributed by atoms with E-state index in [1.54, 1.807) is 0 Å². The lowest BCUT2D eigenvalue weighted by atomic mass is 9.95. The molecule has 2 saturated carbocycles. The summed E-state index contributed by atoms with van der Waals surface area (Å²) in [5, 5.41) is 15.1. The molecule has 7 nitrogen and oxygen atoms in total. The van der Waals surface area contributed by atoms with Crippen LogP contribution in [0.4, 0.5) is 4.79 Å². The molecule has 33 heavy (non-hydrogen) atoms. The number of fused-ring (bicyclic) bond motifs is 3. The Morgan fingerprint density at radius 3 is 2.03 bits per heavy atom. The van der Waals surface area contributed by atoms with Crippen molar-refractivity contribution in [3.8, 4) is 11.1 Å². The summed E-state index contributed by atoms with van der Waals surface area (Å²) in [7, 11) is 0. The van der Waals surface area contributed by atoms with Crippen LogP contribution in [0.1, 0.15) is 55.6 Å². The molecule has 0 aromatic heterocycles. The van der Waals surface area contributed by atoms with Gasteiger partial charge in [0.15, 0.2) is 0 Å². The highest BCUT2D eigenvalue weighted by molar-refractivity contribution is 5.92. The Labute approximate surface area is 192 Å². The quantitative estimate of drug-likeness (QED) is 0.597. The third kappa shape index (κ3) is 3.86. The minimum atomic E-state index is -1.17. The van der Waals surface area contributed by atoms with Crippen LogP contribution < -0.4 is 10.6 Å². The third-order valence-corrected chi connectivity index (χ3v) is 7.47. The largest absolute Gasteiger partial charge is 0.480 e. The number of carbonyl (C=O) groups excluding carboxylic acids is 2. The molecule has 0 unspecified atom stereocenters. The van der Waals surface area contributed by atoms with Gasteiger partial charge in [0.1, 0.15) is 12.1 Å². The molecule has 0 saturated heterocycles. The minimum Gasteiger partial charge on any atom is -0.480 e. The summed E-state index contributed by atoms with van der Waals surface area (Å²) in [5.74, 6) is -1.29. The molecule has 172 valence electrons. The van der Waals surface area contributed by atoms with E-state index < -0.39 is 23.0 Å². The van der Waals surface area contributed by atoms with Gasteiger partial charge in [-0.05, 0) is 47.9 Å². The van der Waals surface area contributed by atoms with Crippen LogP contribution in [0, 0.1) is 5.41 Å². The molecule has 0 heterocycles. The zero-order valence-corrected chi connectivity index (χ0v) is 18.4. The van der Waals surface area contributed by atoms with E-state index in [1.807, 2.05) is 24.3 Å². The maximum Gasteiger partial charge on any atom is 0.407 e. The number of hydrogen-bond donors (Lipinski definition) is 3. The van der Waals surface area contributed by atoms with Crippen molar-refractivity contribution in [2.75, 3.05) is 13.2 Å². The highest BCUT2D eigenvalue weighted by Crippen LogP contribution is 2.47. The topological polar surface area (TPSA) is 105 Å². The van der Waals surface area contributed by atoms with Crippen LogP contribution in [0.25, 0.3) is 11.1 Å². The van der Waals surface area contributed by atoms with Crippen LogP contribution in [0.15, 0.2) is 48.5 Å². The molecule has 2 aromatic rings. The third-order valence-electron chi connectivity index (χ3n) is 7.47. The molecular weight excluding hydrogens is 420 g/mol. The highest BCUT2D eigenvalue weighted by Gasteiger charge is 2.54. The first kappa shape index (κ1) is 21.5. The summed E-state index contributed by atoms with van der Waals surface area (Å²) in [6.45, 7) is 0.354. The van der Waals surface area contributed by atoms with Gasteiger partial charge < -0.3 is 20.5 Å². The molecule has 2 amide bonds. The molecule has 2 fully saturated rings. The summed E-state index contributed by atoms with van der Waals surface area (Å²) >= 11 is 0. The molecule has 3 N–H and O–H groups in total. The van der Waals surface area contributed by atoms with Gasteiger partial charge in [0.25, 0.3) is 0 Å². The first-order valence-corrected chi connectivity index (χ1v) is 11.6. The van der Waals surface area contributed by atoms with Crippen LogP contribution in [0.3, 0.4) is 0 Å². The number of benzene rings is 2. The number of carboxylic acid groups (broad SMARTS) is 1. The smallest absolute Gasteiger partial charge is 0.407 e. The van der Waals surface area contributed by atoms with Crippen molar-refractivity contribution < 1.29 is 24.2 Å². The second-order valence-electron chi connectivity index (χ2n) is 9.51. The summed E-state index contributed by atoms with van der Waals surface area (Å²) < 4.78 is 5.56. The number of hydrogen-bond acceptors (Lipinski definition) is 4. The van der Waals surface area contributed by atoms with Crippen molar-refractivity contribution in [1.29, 1.82) is 0 Å². The summed E-state index contributed by atoms with van der Waals surface area (Å²) in [4.78, 5) is 37.1. The zero-order valence-electron chi connectivity index (χ0n) is 18.4. The van der Waals surface area contributed by atoms with Gasteiger partial charge in [-0.15, -0.1) is 0 Å². The Morgan fingerprint density at radius 2 is 1.48 bits per heavy atom. The SMILES string of the molecule is O=C(NCC1(C(=O)NC2(C(=O)O)CCCC2)CC1)OCC1c2ccccc2-c2ccccc21. The van der Waals surface area contributed by atoms with E-state index in [-0.39, 0.29) is 25.0 Å². The Hall–Kier alpha value is -3.35. The zero-order chi connectivity index (χ0) is 23.1. The number of alkyl carbamates (subject to hydrolysis) is 1. The van der Waals surface area contributed by atoms with Crippen LogP contribution in [0.2, 0.25) is 0 Å². The number of rotatable bonds is 7. The van der Waals surface area contributed by atoms with Gasteiger partial charge in [0.05, 0.1) is 5.41 Å². The predicted molar refractivity (Wildman–Crippen MR) is 122 cm³/mol. The van der Waals surface area contributed by atoms with Gasteiger partial charge in [0, 0.05) is 12.5 Å². The van der Waals surface area contributed by atoms with E-state index in [9.17, 15) is 19.5 Å². The Bertz CT molecular complexity index is 1060. The van der Waals surface area contributed by atoms with E-state index in [2.05, 4.69) is 34.9 Å². The number of carbonyl (C=O) groups is 3. The lowest BCUT2D eigenvalue weighted by Gasteiger charge is -2.28. The van der Waals surface area contributed by atoms with Crippen LogP contribution in [-0.2, 0) is 14.3 Å². The fraction of sp³-hybridized carbons (Fsp3) is 0.423. The van der Waals surface area contributed by atoms with E-state index in [1.165, 1.54) is 0 Å². The predicted octanol–water partition coefficient (Wildman–Crippen LogP) is 3.82. The number of amides is 2. The minimum absolute atomic E-state index is 0.0286. The van der Waals surface area contributed by atoms with Crippen molar-refractivity contribution in [2.24, 2.45) is 5.41 Å². The van der Waals surface area contributed by atoms with Gasteiger partial charge >= 0.3 is 12.1 Å². The molecule has 3 aliphatic carbocycles. The second kappa shape index (κ2) is 8.21. The van der Waals surface area contributed by atoms with Crippen LogP contribution >= 0.6 is 0 Å². The average molecular weight is 449 g/mol. The molecule has 0 radical (unpaired) electrons. The van der Waals surface area contributed by atoms with E-state index in [0.29, 0.717) is 25.7 Å². The fourth-order valence-corrected chi connectivity index (χ4v) is 5.25. The lowest BCUT2D eigenvalue weighted by Crippen LogP contribution is -2.55. The number of carboxylic acids is 1. The molecular formula is C26H28N2O5. The molecule has 5 rings (SSSR count). The molecule has 7 heteroatoms. The van der Waals surface area contributed by atoms with Crippen molar-refractivity contribution in [2.45, 2.75) is 50.0 Å². The molecule has 0 aliphatic heterocycles. The number of ether oxygens (including phenoxy) is 1. The van der Waals surface area contributed by atoms with Gasteiger partial charge in [-0.25, -0.2) is 9.59 Å². The molecule has 0 spiro atoms. The monoisotopic (exact) mass is 448 g/mol. The Kier molecular flexibility index (Phi) is 5.35. The first-order chi connectivity index (χ1) is 15.9. The fourth-order valence-electron chi connectivity index (χ4n) is 5.25. The second-order valence-corrected chi connectivity index (χ2v) is 9.51. The molecule has 0 atom stereocenters. The lowest BCUT2D eigenvalue weighted by molar-refractivity contribution is -0.148. The van der Waals surface area contributed by atoms with Crippen molar-refractivity contribution >= 4 is 18.0 Å². The highest BCUT2D eigenvalue weighted by atomic mass is 16.5. The van der Waals surface area contributed by atoms with Gasteiger partial charge in [0.2, 0.25) is 5.91 Å². The summed E-state index contributed by atoms with van der Waals surface area (Å²) in [6.07, 6.45) is 3.16. The molecule has 3 aliphatic rings. The maximum atomic E-state index is 12.9.